The lowest BCUT2D eigenvalue weighted by Gasteiger charge is -2.24. The molecule has 0 bridgehead atoms. The topological polar surface area (TPSA) is 80.5 Å². The average Bonchev–Trinajstić information content (AvgIpc) is 2.63. The van der Waals surface area contributed by atoms with Gasteiger partial charge in [-0.25, -0.2) is 8.42 Å². The van der Waals surface area contributed by atoms with Crippen LogP contribution in [0, 0.1) is 5.92 Å². The number of ketones is 1. The summed E-state index contributed by atoms with van der Waals surface area (Å²) in [7, 11) is -3.48. The van der Waals surface area contributed by atoms with Crippen molar-refractivity contribution < 1.29 is 13.2 Å². The molecule has 0 unspecified atom stereocenters. The monoisotopic (exact) mass is 318 g/mol. The fraction of sp³-hybridized carbons (Fsp3) is 0.615. The molecule has 0 aromatic carbocycles. The van der Waals surface area contributed by atoms with Gasteiger partial charge in [0.25, 0.3) is 0 Å². The zero-order valence-corrected chi connectivity index (χ0v) is 14.2. The molecule has 0 amide bonds. The van der Waals surface area contributed by atoms with Gasteiger partial charge in [0.1, 0.15) is 9.90 Å². The Morgan fingerprint density at radius 2 is 1.95 bits per heavy atom. The molecule has 0 radical (unpaired) electrons. The van der Waals surface area contributed by atoms with Crippen LogP contribution in [-0.4, -0.2) is 33.5 Å². The van der Waals surface area contributed by atoms with Crippen molar-refractivity contribution in [2.45, 2.75) is 32.6 Å². The van der Waals surface area contributed by atoms with Crippen molar-refractivity contribution in [1.29, 1.82) is 0 Å². The largest absolute Gasteiger partial charge is 0.396 e. The lowest BCUT2D eigenvalue weighted by atomic mass is 10.2. The molecule has 0 saturated carbocycles. The fourth-order valence-corrected chi connectivity index (χ4v) is 4.72. The molecule has 0 atom stereocenters. The maximum Gasteiger partial charge on any atom is 0.180 e. The predicted molar refractivity (Wildman–Crippen MR) is 84.6 cm³/mol. The first kappa shape index (κ1) is 17.0. The van der Waals surface area contributed by atoms with Crippen molar-refractivity contribution in [3.8, 4) is 0 Å². The van der Waals surface area contributed by atoms with Crippen molar-refractivity contribution >= 4 is 37.6 Å². The normalized spacial score (nSPS) is 11.9. The molecule has 1 aromatic rings. The van der Waals surface area contributed by atoms with Crippen LogP contribution in [0.2, 0.25) is 0 Å². The van der Waals surface area contributed by atoms with Crippen molar-refractivity contribution in [2.24, 2.45) is 5.92 Å². The van der Waals surface area contributed by atoms with Crippen molar-refractivity contribution in [3.63, 3.8) is 0 Å². The number of anilines is 2. The minimum atomic E-state index is -3.48. The van der Waals surface area contributed by atoms with Crippen LogP contribution in [0.4, 0.5) is 10.7 Å². The van der Waals surface area contributed by atoms with Crippen LogP contribution in [0.5, 0.6) is 0 Å². The molecule has 1 aromatic heterocycles. The first-order valence-electron chi connectivity index (χ1n) is 6.47. The lowest BCUT2D eigenvalue weighted by molar-refractivity contribution is 0.102. The van der Waals surface area contributed by atoms with Crippen LogP contribution in [0.3, 0.4) is 0 Å². The van der Waals surface area contributed by atoms with E-state index in [4.69, 9.17) is 5.73 Å². The highest BCUT2D eigenvalue weighted by Gasteiger charge is 2.28. The summed E-state index contributed by atoms with van der Waals surface area (Å²) >= 11 is 1.17. The third-order valence-electron chi connectivity index (χ3n) is 2.83. The predicted octanol–water partition coefficient (Wildman–Crippen LogP) is 2.42. The Morgan fingerprint density at radius 3 is 2.30 bits per heavy atom. The van der Waals surface area contributed by atoms with Gasteiger partial charge in [0.15, 0.2) is 15.6 Å². The van der Waals surface area contributed by atoms with Crippen molar-refractivity contribution in [3.05, 3.63) is 4.88 Å². The minimum Gasteiger partial charge on any atom is -0.396 e. The Morgan fingerprint density at radius 1 is 1.40 bits per heavy atom. The van der Waals surface area contributed by atoms with E-state index in [1.165, 1.54) is 18.3 Å². The van der Waals surface area contributed by atoms with Crippen LogP contribution >= 0.6 is 11.3 Å². The zero-order valence-electron chi connectivity index (χ0n) is 12.6. The Balaban J connectivity index is 3.52. The standard InChI is InChI=1S/C13H22N2O3S2/c1-6-15(7-8(2)3)13-12(20(5,17)18)10(14)11(19-13)9(4)16/h8H,6-7,14H2,1-5H3. The summed E-state index contributed by atoms with van der Waals surface area (Å²) in [5.41, 5.74) is 5.98. The second-order valence-electron chi connectivity index (χ2n) is 5.24. The van der Waals surface area contributed by atoms with E-state index in [2.05, 4.69) is 13.8 Å². The van der Waals surface area contributed by atoms with Gasteiger partial charge in [0.05, 0.1) is 10.6 Å². The highest BCUT2D eigenvalue weighted by atomic mass is 32.2. The van der Waals surface area contributed by atoms with E-state index >= 15 is 0 Å². The van der Waals surface area contributed by atoms with E-state index in [1.54, 1.807) is 0 Å². The highest BCUT2D eigenvalue weighted by Crippen LogP contribution is 2.41. The first-order valence-corrected chi connectivity index (χ1v) is 9.18. The van der Waals surface area contributed by atoms with E-state index in [9.17, 15) is 13.2 Å². The number of sulfone groups is 1. The van der Waals surface area contributed by atoms with Crippen LogP contribution < -0.4 is 10.6 Å². The number of nitrogens with zero attached hydrogens (tertiary/aromatic N) is 1. The number of hydrogen-bond donors (Lipinski definition) is 1. The molecule has 0 fully saturated rings. The summed E-state index contributed by atoms with van der Waals surface area (Å²) in [6, 6.07) is 0. The maximum atomic E-state index is 12.0. The zero-order chi connectivity index (χ0) is 15.7. The Hall–Kier alpha value is -1.08. The van der Waals surface area contributed by atoms with Gasteiger partial charge in [-0.05, 0) is 12.8 Å². The third-order valence-corrected chi connectivity index (χ3v) is 5.48. The second kappa shape index (κ2) is 6.13. The third kappa shape index (κ3) is 3.52. The number of Topliss-reactive ketones (excluding diaryl/α,β-unsaturated/α-hetero) is 1. The summed E-state index contributed by atoms with van der Waals surface area (Å²) in [5, 5.41) is 0.575. The summed E-state index contributed by atoms with van der Waals surface area (Å²) in [6.45, 7) is 8.86. The van der Waals surface area contributed by atoms with Gasteiger partial charge >= 0.3 is 0 Å². The Bertz CT molecular complexity index is 603. The summed E-state index contributed by atoms with van der Waals surface area (Å²) in [5.74, 6) is 0.177. The molecule has 0 spiro atoms. The van der Waals surface area contributed by atoms with Gasteiger partial charge in [-0.2, -0.15) is 0 Å². The molecule has 20 heavy (non-hydrogen) atoms. The number of carbonyl (C=O) groups excluding carboxylic acids is 1. The SMILES string of the molecule is CCN(CC(C)C)c1sc(C(C)=O)c(N)c1S(C)(=O)=O. The molecule has 1 heterocycles. The van der Waals surface area contributed by atoms with Gasteiger partial charge < -0.3 is 10.6 Å². The minimum absolute atomic E-state index is 0.0854. The molecule has 0 aliphatic heterocycles. The number of carbonyl (C=O) groups is 1. The van der Waals surface area contributed by atoms with E-state index in [-0.39, 0.29) is 16.4 Å². The van der Waals surface area contributed by atoms with Crippen LogP contribution in [0.1, 0.15) is 37.4 Å². The summed E-state index contributed by atoms with van der Waals surface area (Å²) < 4.78 is 24.0. The van der Waals surface area contributed by atoms with E-state index in [1.807, 2.05) is 11.8 Å². The van der Waals surface area contributed by atoms with Crippen LogP contribution in [0.15, 0.2) is 4.90 Å². The second-order valence-corrected chi connectivity index (χ2v) is 8.19. The smallest absolute Gasteiger partial charge is 0.180 e. The van der Waals surface area contributed by atoms with Gasteiger partial charge in [-0.1, -0.05) is 13.8 Å². The lowest BCUT2D eigenvalue weighted by Crippen LogP contribution is -2.27. The van der Waals surface area contributed by atoms with Gasteiger partial charge in [-0.3, -0.25) is 4.79 Å². The summed E-state index contributed by atoms with van der Waals surface area (Å²) in [6.07, 6.45) is 1.13. The fourth-order valence-electron chi connectivity index (χ4n) is 2.04. The number of nitrogens with two attached hydrogens (primary N) is 1. The molecule has 2 N–H and O–H groups in total. The number of thiophene rings is 1. The Kier molecular flexibility index (Phi) is 5.21. The molecular weight excluding hydrogens is 296 g/mol. The average molecular weight is 318 g/mol. The summed E-state index contributed by atoms with van der Waals surface area (Å²) in [4.78, 5) is 14.0. The van der Waals surface area contributed by atoms with E-state index in [0.717, 1.165) is 12.8 Å². The molecule has 1 rings (SSSR count). The number of hydrogen-bond acceptors (Lipinski definition) is 6. The molecule has 114 valence electrons. The number of nitrogen functional groups attached to an aromatic ring is 1. The van der Waals surface area contributed by atoms with Gasteiger partial charge in [-0.15, -0.1) is 11.3 Å². The quantitative estimate of drug-likeness (QED) is 0.815. The van der Waals surface area contributed by atoms with Crippen molar-refractivity contribution in [2.75, 3.05) is 30.0 Å². The molecule has 0 aliphatic carbocycles. The maximum absolute atomic E-state index is 12.0. The first-order chi connectivity index (χ1) is 9.09. The molecule has 0 saturated heterocycles. The van der Waals surface area contributed by atoms with Gasteiger partial charge in [0, 0.05) is 26.3 Å². The molecule has 0 aliphatic rings. The Labute approximate surface area is 124 Å². The molecule has 5 nitrogen and oxygen atoms in total. The van der Waals surface area contributed by atoms with E-state index in [0.29, 0.717) is 22.3 Å². The molecular formula is C13H22N2O3S2. The molecule has 7 heteroatoms. The van der Waals surface area contributed by atoms with E-state index < -0.39 is 9.84 Å². The number of rotatable bonds is 6. The van der Waals surface area contributed by atoms with Crippen molar-refractivity contribution in [1.82, 2.24) is 0 Å². The van der Waals surface area contributed by atoms with Crippen LogP contribution in [0.25, 0.3) is 0 Å². The highest BCUT2D eigenvalue weighted by molar-refractivity contribution is 7.91. The van der Waals surface area contributed by atoms with Gasteiger partial charge in [0.2, 0.25) is 0 Å². The van der Waals surface area contributed by atoms with Crippen LogP contribution in [-0.2, 0) is 9.84 Å².